The number of benzene rings is 1. The van der Waals surface area contributed by atoms with Crippen molar-refractivity contribution in [3.8, 4) is 5.75 Å². The SMILES string of the molecule is CC(=NO)c1ccc(C)cc1OC1CS(=O)(=O)CC1O. The van der Waals surface area contributed by atoms with E-state index in [1.807, 2.05) is 13.0 Å². The van der Waals surface area contributed by atoms with Crippen molar-refractivity contribution in [3.63, 3.8) is 0 Å². The predicted octanol–water partition coefficient (Wildman–Crippen LogP) is 0.730. The summed E-state index contributed by atoms with van der Waals surface area (Å²) in [5.74, 6) is -0.0932. The van der Waals surface area contributed by atoms with Crippen molar-refractivity contribution in [1.82, 2.24) is 0 Å². The summed E-state index contributed by atoms with van der Waals surface area (Å²) in [5, 5.41) is 21.8. The first-order chi connectivity index (χ1) is 9.32. The zero-order chi connectivity index (χ0) is 14.9. The number of rotatable bonds is 3. The Morgan fingerprint density at radius 1 is 1.40 bits per heavy atom. The highest BCUT2D eigenvalue weighted by atomic mass is 32.2. The van der Waals surface area contributed by atoms with E-state index in [1.54, 1.807) is 19.1 Å². The van der Waals surface area contributed by atoms with Crippen molar-refractivity contribution in [2.24, 2.45) is 5.16 Å². The molecule has 20 heavy (non-hydrogen) atoms. The van der Waals surface area contributed by atoms with Gasteiger partial charge in [0.15, 0.2) is 9.84 Å². The average molecular weight is 299 g/mol. The van der Waals surface area contributed by atoms with E-state index in [-0.39, 0.29) is 11.5 Å². The highest BCUT2D eigenvalue weighted by molar-refractivity contribution is 7.91. The number of nitrogens with zero attached hydrogens (tertiary/aromatic N) is 1. The van der Waals surface area contributed by atoms with Crippen LogP contribution in [0.2, 0.25) is 0 Å². The zero-order valence-corrected chi connectivity index (χ0v) is 12.1. The number of aliphatic hydroxyl groups is 1. The first-order valence-electron chi connectivity index (χ1n) is 6.17. The highest BCUT2D eigenvalue weighted by Crippen LogP contribution is 2.26. The van der Waals surface area contributed by atoms with Crippen LogP contribution in [0.1, 0.15) is 18.1 Å². The summed E-state index contributed by atoms with van der Waals surface area (Å²) in [6, 6.07) is 5.29. The van der Waals surface area contributed by atoms with Gasteiger partial charge in [0.05, 0.1) is 17.2 Å². The van der Waals surface area contributed by atoms with Crippen LogP contribution < -0.4 is 4.74 Å². The third kappa shape index (κ3) is 3.10. The van der Waals surface area contributed by atoms with Gasteiger partial charge in [-0.05, 0) is 31.5 Å². The zero-order valence-electron chi connectivity index (χ0n) is 11.3. The van der Waals surface area contributed by atoms with Gasteiger partial charge in [-0.3, -0.25) is 0 Å². The summed E-state index contributed by atoms with van der Waals surface area (Å²) in [7, 11) is -3.27. The molecule has 1 aromatic rings. The highest BCUT2D eigenvalue weighted by Gasteiger charge is 2.38. The standard InChI is InChI=1S/C13H17NO5S/c1-8-3-4-10(9(2)14-16)12(5-8)19-13-7-20(17,18)6-11(13)15/h3-5,11,13,15-16H,6-7H2,1-2H3. The molecule has 1 heterocycles. The molecule has 2 atom stereocenters. The van der Waals surface area contributed by atoms with E-state index in [0.29, 0.717) is 17.0 Å². The Bertz CT molecular complexity index is 638. The van der Waals surface area contributed by atoms with Gasteiger partial charge in [-0.1, -0.05) is 11.2 Å². The van der Waals surface area contributed by atoms with Crippen LogP contribution in [0.5, 0.6) is 5.75 Å². The van der Waals surface area contributed by atoms with Crippen molar-refractivity contribution in [3.05, 3.63) is 29.3 Å². The molecule has 0 spiro atoms. The van der Waals surface area contributed by atoms with Gasteiger partial charge >= 0.3 is 0 Å². The molecule has 7 heteroatoms. The van der Waals surface area contributed by atoms with Crippen molar-refractivity contribution in [2.75, 3.05) is 11.5 Å². The molecular weight excluding hydrogens is 282 g/mol. The van der Waals surface area contributed by atoms with Crippen LogP contribution in [-0.4, -0.2) is 48.2 Å². The normalized spacial score (nSPS) is 25.6. The Kier molecular flexibility index (Phi) is 4.01. The topological polar surface area (TPSA) is 96.2 Å². The second kappa shape index (κ2) is 5.41. The van der Waals surface area contributed by atoms with E-state index >= 15 is 0 Å². The van der Waals surface area contributed by atoms with Gasteiger partial charge < -0.3 is 15.1 Å². The fourth-order valence-electron chi connectivity index (χ4n) is 2.15. The molecule has 0 bridgehead atoms. The summed E-state index contributed by atoms with van der Waals surface area (Å²) >= 11 is 0. The van der Waals surface area contributed by atoms with Gasteiger partial charge in [-0.2, -0.15) is 0 Å². The van der Waals surface area contributed by atoms with Gasteiger partial charge in [0, 0.05) is 5.56 Å². The molecule has 6 nitrogen and oxygen atoms in total. The predicted molar refractivity (Wildman–Crippen MR) is 74.3 cm³/mol. The van der Waals surface area contributed by atoms with Crippen molar-refractivity contribution in [2.45, 2.75) is 26.1 Å². The molecule has 0 saturated carbocycles. The van der Waals surface area contributed by atoms with Gasteiger partial charge in [-0.25, -0.2) is 8.42 Å². The van der Waals surface area contributed by atoms with E-state index < -0.39 is 22.0 Å². The minimum atomic E-state index is -3.27. The fraction of sp³-hybridized carbons (Fsp3) is 0.462. The Labute approximate surface area is 117 Å². The number of hydrogen-bond acceptors (Lipinski definition) is 6. The number of ether oxygens (including phenoxy) is 1. The van der Waals surface area contributed by atoms with E-state index in [2.05, 4.69) is 5.16 Å². The lowest BCUT2D eigenvalue weighted by Crippen LogP contribution is -2.30. The molecule has 1 aromatic carbocycles. The van der Waals surface area contributed by atoms with Gasteiger partial charge in [0.25, 0.3) is 0 Å². The monoisotopic (exact) mass is 299 g/mol. The van der Waals surface area contributed by atoms with Crippen LogP contribution >= 0.6 is 0 Å². The van der Waals surface area contributed by atoms with Crippen LogP contribution in [0.4, 0.5) is 0 Å². The second-order valence-electron chi connectivity index (χ2n) is 4.99. The molecule has 0 aromatic heterocycles. The number of sulfone groups is 1. The third-order valence-electron chi connectivity index (χ3n) is 3.23. The van der Waals surface area contributed by atoms with Crippen LogP contribution in [0.25, 0.3) is 0 Å². The van der Waals surface area contributed by atoms with E-state index in [9.17, 15) is 13.5 Å². The lowest BCUT2D eigenvalue weighted by molar-refractivity contribution is 0.0736. The van der Waals surface area contributed by atoms with E-state index in [1.165, 1.54) is 0 Å². The molecule has 1 fully saturated rings. The van der Waals surface area contributed by atoms with Crippen LogP contribution in [0, 0.1) is 6.92 Å². The summed E-state index contributed by atoms with van der Waals surface area (Å²) in [4.78, 5) is 0. The molecule has 1 saturated heterocycles. The number of hydrogen-bond donors (Lipinski definition) is 2. The summed E-state index contributed by atoms with van der Waals surface area (Å²) < 4.78 is 28.6. The van der Waals surface area contributed by atoms with E-state index in [0.717, 1.165) is 5.56 Å². The number of oxime groups is 1. The first kappa shape index (κ1) is 14.8. The largest absolute Gasteiger partial charge is 0.486 e. The quantitative estimate of drug-likeness (QED) is 0.487. The smallest absolute Gasteiger partial charge is 0.156 e. The summed E-state index contributed by atoms with van der Waals surface area (Å²) in [5.41, 5.74) is 1.84. The lowest BCUT2D eigenvalue weighted by atomic mass is 10.1. The molecule has 2 unspecified atom stereocenters. The maximum Gasteiger partial charge on any atom is 0.156 e. The summed E-state index contributed by atoms with van der Waals surface area (Å²) in [6.07, 6.45) is -1.84. The maximum absolute atomic E-state index is 11.5. The van der Waals surface area contributed by atoms with Crippen molar-refractivity contribution in [1.29, 1.82) is 0 Å². The molecule has 1 aliphatic heterocycles. The molecule has 0 aliphatic carbocycles. The molecule has 110 valence electrons. The molecule has 2 N–H and O–H groups in total. The number of aryl methyl sites for hydroxylation is 1. The van der Waals surface area contributed by atoms with Crippen LogP contribution in [0.3, 0.4) is 0 Å². The minimum Gasteiger partial charge on any atom is -0.486 e. The molecule has 2 rings (SSSR count). The fourth-order valence-corrected chi connectivity index (χ4v) is 3.81. The van der Waals surface area contributed by atoms with Gasteiger partial charge in [0.2, 0.25) is 0 Å². The van der Waals surface area contributed by atoms with Crippen molar-refractivity contribution < 1.29 is 23.5 Å². The number of aliphatic hydroxyl groups excluding tert-OH is 1. The first-order valence-corrected chi connectivity index (χ1v) is 7.99. The summed E-state index contributed by atoms with van der Waals surface area (Å²) in [6.45, 7) is 3.48. The minimum absolute atomic E-state index is 0.211. The van der Waals surface area contributed by atoms with Crippen LogP contribution in [-0.2, 0) is 9.84 Å². The molecule has 0 amide bonds. The van der Waals surface area contributed by atoms with E-state index in [4.69, 9.17) is 9.94 Å². The molecule has 0 radical (unpaired) electrons. The Morgan fingerprint density at radius 3 is 2.65 bits per heavy atom. The maximum atomic E-state index is 11.5. The van der Waals surface area contributed by atoms with Crippen molar-refractivity contribution >= 4 is 15.5 Å². The van der Waals surface area contributed by atoms with Gasteiger partial charge in [0.1, 0.15) is 18.0 Å². The van der Waals surface area contributed by atoms with Gasteiger partial charge in [-0.15, -0.1) is 0 Å². The third-order valence-corrected chi connectivity index (χ3v) is 4.91. The average Bonchev–Trinajstić information content (AvgIpc) is 2.61. The Morgan fingerprint density at radius 2 is 2.10 bits per heavy atom. The Hall–Kier alpha value is -1.60. The molecule has 1 aliphatic rings. The second-order valence-corrected chi connectivity index (χ2v) is 7.14. The Balaban J connectivity index is 2.32. The molecular formula is C13H17NO5S. The lowest BCUT2D eigenvalue weighted by Gasteiger charge is -2.18. The van der Waals surface area contributed by atoms with Crippen LogP contribution in [0.15, 0.2) is 23.4 Å².